The van der Waals surface area contributed by atoms with Gasteiger partial charge in [0, 0.05) is 17.0 Å². The highest BCUT2D eigenvalue weighted by Gasteiger charge is 2.24. The molecule has 0 atom stereocenters. The van der Waals surface area contributed by atoms with Crippen molar-refractivity contribution in [3.05, 3.63) is 51.7 Å². The SMILES string of the molecule is NNC(=O)c1ccc(CN2C(=O)CCc3ccccc32)s1. The van der Waals surface area contributed by atoms with Crippen molar-refractivity contribution >= 4 is 28.8 Å². The van der Waals surface area contributed by atoms with Crippen LogP contribution in [0.25, 0.3) is 0 Å². The summed E-state index contributed by atoms with van der Waals surface area (Å²) in [4.78, 5) is 27.0. The van der Waals surface area contributed by atoms with Gasteiger partial charge in [-0.3, -0.25) is 15.0 Å². The van der Waals surface area contributed by atoms with Gasteiger partial charge in [-0.2, -0.15) is 0 Å². The number of aryl methyl sites for hydroxylation is 1. The Morgan fingerprint density at radius 2 is 2.05 bits per heavy atom. The van der Waals surface area contributed by atoms with Crippen molar-refractivity contribution in [2.24, 2.45) is 5.84 Å². The van der Waals surface area contributed by atoms with Crippen molar-refractivity contribution in [1.82, 2.24) is 5.43 Å². The Morgan fingerprint density at radius 1 is 1.24 bits per heavy atom. The molecule has 1 aromatic heterocycles. The van der Waals surface area contributed by atoms with Crippen LogP contribution in [0.2, 0.25) is 0 Å². The van der Waals surface area contributed by atoms with E-state index in [1.807, 2.05) is 24.3 Å². The second-order valence-corrected chi connectivity index (χ2v) is 6.02. The van der Waals surface area contributed by atoms with Crippen molar-refractivity contribution in [2.45, 2.75) is 19.4 Å². The number of rotatable bonds is 3. The van der Waals surface area contributed by atoms with E-state index >= 15 is 0 Å². The number of thiophene rings is 1. The fraction of sp³-hybridized carbons (Fsp3) is 0.200. The summed E-state index contributed by atoms with van der Waals surface area (Å²) < 4.78 is 0. The fourth-order valence-corrected chi connectivity index (χ4v) is 3.38. The van der Waals surface area contributed by atoms with E-state index in [-0.39, 0.29) is 11.8 Å². The highest BCUT2D eigenvalue weighted by Crippen LogP contribution is 2.30. The van der Waals surface area contributed by atoms with Crippen LogP contribution in [0.15, 0.2) is 36.4 Å². The lowest BCUT2D eigenvalue weighted by Crippen LogP contribution is -2.34. The number of nitrogens with one attached hydrogen (secondary N) is 1. The van der Waals surface area contributed by atoms with Gasteiger partial charge in [-0.05, 0) is 30.2 Å². The molecule has 0 saturated heterocycles. The number of benzene rings is 1. The van der Waals surface area contributed by atoms with Crippen LogP contribution in [-0.2, 0) is 17.8 Å². The molecular weight excluding hydrogens is 286 g/mol. The first-order chi connectivity index (χ1) is 10.2. The molecule has 0 radical (unpaired) electrons. The van der Waals surface area contributed by atoms with Crippen LogP contribution in [0.4, 0.5) is 5.69 Å². The molecule has 0 aliphatic carbocycles. The third-order valence-corrected chi connectivity index (χ3v) is 4.59. The normalized spacial score (nSPS) is 14.0. The summed E-state index contributed by atoms with van der Waals surface area (Å²) in [7, 11) is 0. The maximum atomic E-state index is 12.2. The predicted molar refractivity (Wildman–Crippen MR) is 81.9 cm³/mol. The number of hydrogen-bond acceptors (Lipinski definition) is 4. The first-order valence-electron chi connectivity index (χ1n) is 6.67. The molecule has 1 aliphatic heterocycles. The Bertz CT molecular complexity index is 696. The first kappa shape index (κ1) is 13.8. The van der Waals surface area contributed by atoms with E-state index in [4.69, 9.17) is 5.84 Å². The zero-order chi connectivity index (χ0) is 14.8. The minimum atomic E-state index is -0.309. The van der Waals surface area contributed by atoms with Crippen LogP contribution in [0, 0.1) is 0 Å². The Kier molecular flexibility index (Phi) is 3.72. The average molecular weight is 301 g/mol. The molecule has 0 fully saturated rings. The second kappa shape index (κ2) is 5.67. The summed E-state index contributed by atoms with van der Waals surface area (Å²) in [5, 5.41) is 0. The number of fused-ring (bicyclic) bond motifs is 1. The van der Waals surface area contributed by atoms with Crippen molar-refractivity contribution in [2.75, 3.05) is 4.90 Å². The second-order valence-electron chi connectivity index (χ2n) is 4.85. The number of carbonyl (C=O) groups excluding carboxylic acids is 2. The molecule has 1 aromatic carbocycles. The largest absolute Gasteiger partial charge is 0.307 e. The molecule has 108 valence electrons. The number of amides is 2. The molecule has 0 bridgehead atoms. The third-order valence-electron chi connectivity index (χ3n) is 3.52. The lowest BCUT2D eigenvalue weighted by molar-refractivity contribution is -0.119. The molecule has 2 amide bonds. The number of nitrogens with two attached hydrogens (primary N) is 1. The van der Waals surface area contributed by atoms with Gasteiger partial charge in [0.05, 0.1) is 11.4 Å². The monoisotopic (exact) mass is 301 g/mol. The van der Waals surface area contributed by atoms with Gasteiger partial charge in [0.1, 0.15) is 0 Å². The van der Waals surface area contributed by atoms with Crippen LogP contribution in [-0.4, -0.2) is 11.8 Å². The highest BCUT2D eigenvalue weighted by atomic mass is 32.1. The molecule has 0 saturated carbocycles. The number of carbonyl (C=O) groups is 2. The maximum absolute atomic E-state index is 12.2. The Morgan fingerprint density at radius 3 is 2.86 bits per heavy atom. The number of nitrogens with zero attached hydrogens (tertiary/aromatic N) is 1. The van der Waals surface area contributed by atoms with Crippen molar-refractivity contribution in [3.63, 3.8) is 0 Å². The zero-order valence-electron chi connectivity index (χ0n) is 11.3. The number of hydrogen-bond donors (Lipinski definition) is 2. The van der Waals surface area contributed by atoms with Crippen LogP contribution in [0.3, 0.4) is 0 Å². The molecule has 21 heavy (non-hydrogen) atoms. The Hall–Kier alpha value is -2.18. The first-order valence-corrected chi connectivity index (χ1v) is 7.48. The fourth-order valence-electron chi connectivity index (χ4n) is 2.48. The van der Waals surface area contributed by atoms with E-state index in [0.717, 1.165) is 17.0 Å². The molecule has 2 heterocycles. The topological polar surface area (TPSA) is 75.4 Å². The molecule has 6 heteroatoms. The van der Waals surface area contributed by atoms with Crippen molar-refractivity contribution < 1.29 is 9.59 Å². The molecule has 0 spiro atoms. The van der Waals surface area contributed by atoms with Gasteiger partial charge in [0.2, 0.25) is 5.91 Å². The lowest BCUT2D eigenvalue weighted by Gasteiger charge is -2.29. The molecule has 1 aliphatic rings. The van der Waals surface area contributed by atoms with Gasteiger partial charge in [0.15, 0.2) is 0 Å². The molecule has 3 rings (SSSR count). The number of hydrazine groups is 1. The smallest absolute Gasteiger partial charge is 0.275 e. The lowest BCUT2D eigenvalue weighted by atomic mass is 10.0. The molecule has 0 unspecified atom stereocenters. The minimum Gasteiger partial charge on any atom is -0.307 e. The van der Waals surface area contributed by atoms with Gasteiger partial charge in [-0.15, -0.1) is 11.3 Å². The summed E-state index contributed by atoms with van der Waals surface area (Å²) in [5.41, 5.74) is 4.27. The van der Waals surface area contributed by atoms with E-state index < -0.39 is 0 Å². The quantitative estimate of drug-likeness (QED) is 0.516. The Balaban J connectivity index is 1.86. The number of para-hydroxylation sites is 1. The van der Waals surface area contributed by atoms with E-state index in [2.05, 4.69) is 11.5 Å². The predicted octanol–water partition coefficient (Wildman–Crippen LogP) is 1.83. The summed E-state index contributed by atoms with van der Waals surface area (Å²) in [6.07, 6.45) is 1.31. The summed E-state index contributed by atoms with van der Waals surface area (Å²) in [6.45, 7) is 0.484. The standard InChI is InChI=1S/C15H15N3O2S/c16-17-15(20)13-7-6-11(21-13)9-18-12-4-2-1-3-10(12)5-8-14(18)19/h1-4,6-7H,5,8-9,16H2,(H,17,20). The van der Waals surface area contributed by atoms with E-state index in [1.165, 1.54) is 16.9 Å². The zero-order valence-corrected chi connectivity index (χ0v) is 12.2. The third kappa shape index (κ3) is 2.68. The van der Waals surface area contributed by atoms with Gasteiger partial charge in [0.25, 0.3) is 5.91 Å². The van der Waals surface area contributed by atoms with E-state index in [0.29, 0.717) is 17.8 Å². The van der Waals surface area contributed by atoms with Crippen LogP contribution in [0.5, 0.6) is 0 Å². The molecule has 2 aromatic rings. The number of nitrogen functional groups attached to an aromatic ring is 1. The van der Waals surface area contributed by atoms with Gasteiger partial charge < -0.3 is 4.90 Å². The minimum absolute atomic E-state index is 0.118. The molecular formula is C15H15N3O2S. The molecule has 5 nitrogen and oxygen atoms in total. The van der Waals surface area contributed by atoms with E-state index in [1.54, 1.807) is 11.0 Å². The van der Waals surface area contributed by atoms with Crippen molar-refractivity contribution in [1.29, 1.82) is 0 Å². The summed E-state index contributed by atoms with van der Waals surface area (Å²) >= 11 is 1.35. The van der Waals surface area contributed by atoms with Gasteiger partial charge >= 0.3 is 0 Å². The summed E-state index contributed by atoms with van der Waals surface area (Å²) in [5.74, 6) is 4.93. The van der Waals surface area contributed by atoms with Crippen LogP contribution < -0.4 is 16.2 Å². The highest BCUT2D eigenvalue weighted by molar-refractivity contribution is 7.14. The van der Waals surface area contributed by atoms with Crippen LogP contribution >= 0.6 is 11.3 Å². The summed E-state index contributed by atoms with van der Waals surface area (Å²) in [6, 6.07) is 11.5. The van der Waals surface area contributed by atoms with Gasteiger partial charge in [-0.1, -0.05) is 18.2 Å². The van der Waals surface area contributed by atoms with Crippen LogP contribution in [0.1, 0.15) is 26.5 Å². The Labute approximate surface area is 126 Å². The molecule has 3 N–H and O–H groups in total. The average Bonchev–Trinajstić information content (AvgIpc) is 2.98. The number of anilines is 1. The van der Waals surface area contributed by atoms with E-state index in [9.17, 15) is 9.59 Å². The van der Waals surface area contributed by atoms with Gasteiger partial charge in [-0.25, -0.2) is 5.84 Å². The van der Waals surface area contributed by atoms with Crippen molar-refractivity contribution in [3.8, 4) is 0 Å². The maximum Gasteiger partial charge on any atom is 0.275 e.